The summed E-state index contributed by atoms with van der Waals surface area (Å²) in [7, 11) is 0. The SMILES string of the molecule is [C-]#[N+]/C(C#N)=C1/c2cc(-c3ccc(C(F)(F)F)c(F)c3)ccc2-c2c1sc1c2-c2ccc(-c3ccc(C)c(F)c3)cc2/C1=C(/C#N)[N+]#[C-]. The maximum Gasteiger partial charge on any atom is 0.419 e. The predicted octanol–water partition coefficient (Wildman–Crippen LogP) is 11.1. The van der Waals surface area contributed by atoms with Crippen LogP contribution in [0.5, 0.6) is 0 Å². The van der Waals surface area contributed by atoms with Gasteiger partial charge in [0.15, 0.2) is 0 Å². The Morgan fingerprint density at radius 1 is 0.646 bits per heavy atom. The molecule has 0 saturated carbocycles. The lowest BCUT2D eigenvalue weighted by Gasteiger charge is -2.11. The Morgan fingerprint density at radius 2 is 1.08 bits per heavy atom. The molecule has 4 aromatic carbocycles. The van der Waals surface area contributed by atoms with Crippen LogP contribution in [0.1, 0.15) is 32.0 Å². The minimum Gasteiger partial charge on any atom is -0.226 e. The quantitative estimate of drug-likeness (QED) is 0.106. The smallest absolute Gasteiger partial charge is 0.226 e. The summed E-state index contributed by atoms with van der Waals surface area (Å²) in [5, 5.41) is 20.0. The molecule has 0 amide bonds. The fourth-order valence-corrected chi connectivity index (χ4v) is 7.73. The number of rotatable bonds is 2. The van der Waals surface area contributed by atoms with Crippen molar-refractivity contribution in [3.8, 4) is 56.6 Å². The molecule has 0 spiro atoms. The topological polar surface area (TPSA) is 56.3 Å². The van der Waals surface area contributed by atoms with Crippen LogP contribution < -0.4 is 0 Å². The van der Waals surface area contributed by atoms with Gasteiger partial charge in [-0.05, 0) is 87.3 Å². The Labute approximate surface area is 274 Å². The summed E-state index contributed by atoms with van der Waals surface area (Å²) in [5.74, 6) is -1.80. The lowest BCUT2D eigenvalue weighted by Crippen LogP contribution is -2.07. The summed E-state index contributed by atoms with van der Waals surface area (Å²) in [6.45, 7) is 17.2. The molecule has 0 atom stereocenters. The van der Waals surface area contributed by atoms with Crippen molar-refractivity contribution in [1.82, 2.24) is 0 Å². The van der Waals surface area contributed by atoms with Crippen molar-refractivity contribution in [2.24, 2.45) is 0 Å². The summed E-state index contributed by atoms with van der Waals surface area (Å²) >= 11 is 1.22. The van der Waals surface area contributed by atoms with Crippen LogP contribution in [-0.4, -0.2) is 0 Å². The van der Waals surface area contributed by atoms with Crippen LogP contribution in [-0.2, 0) is 6.18 Å². The Kier molecular flexibility index (Phi) is 6.88. The molecule has 0 unspecified atom stereocenters. The van der Waals surface area contributed by atoms with Crippen molar-refractivity contribution in [1.29, 1.82) is 10.5 Å². The van der Waals surface area contributed by atoms with E-state index in [0.717, 1.165) is 12.1 Å². The summed E-state index contributed by atoms with van der Waals surface area (Å²) in [5.41, 5.74) is 5.04. The van der Waals surface area contributed by atoms with Crippen molar-refractivity contribution < 1.29 is 22.0 Å². The predicted molar refractivity (Wildman–Crippen MR) is 172 cm³/mol. The van der Waals surface area contributed by atoms with Crippen LogP contribution >= 0.6 is 11.3 Å². The fourth-order valence-electron chi connectivity index (χ4n) is 6.28. The van der Waals surface area contributed by atoms with Gasteiger partial charge in [-0.3, -0.25) is 0 Å². The van der Waals surface area contributed by atoms with E-state index < -0.39 is 17.6 Å². The number of nitriles is 2. The van der Waals surface area contributed by atoms with Crippen LogP contribution in [0, 0.1) is 54.4 Å². The molecule has 0 N–H and O–H groups in total. The molecule has 5 aromatic rings. The molecule has 1 aromatic heterocycles. The maximum absolute atomic E-state index is 14.5. The molecule has 0 saturated heterocycles. The first-order valence-corrected chi connectivity index (χ1v) is 15.0. The monoisotopic (exact) mass is 654 g/mol. The Morgan fingerprint density at radius 3 is 1.50 bits per heavy atom. The van der Waals surface area contributed by atoms with E-state index in [9.17, 15) is 32.5 Å². The molecule has 48 heavy (non-hydrogen) atoms. The molecule has 4 nitrogen and oxygen atoms in total. The number of hydrogen-bond donors (Lipinski definition) is 0. The first-order valence-electron chi connectivity index (χ1n) is 14.1. The molecular weight excluding hydrogens is 640 g/mol. The van der Waals surface area contributed by atoms with E-state index >= 15 is 0 Å². The van der Waals surface area contributed by atoms with Crippen molar-refractivity contribution in [2.45, 2.75) is 13.1 Å². The minimum atomic E-state index is -4.86. The number of fused-ring (bicyclic) bond motifs is 7. The normalized spacial score (nSPS) is 14.5. The average molecular weight is 655 g/mol. The summed E-state index contributed by atoms with van der Waals surface area (Å²) in [6, 6.07) is 21.9. The van der Waals surface area contributed by atoms with E-state index in [-0.39, 0.29) is 22.8 Å². The fraction of sp³-hybridized carbons (Fsp3) is 0.0526. The molecule has 0 aliphatic heterocycles. The van der Waals surface area contributed by atoms with E-state index in [1.807, 2.05) is 30.3 Å². The molecule has 7 rings (SSSR count). The Balaban J connectivity index is 1.48. The van der Waals surface area contributed by atoms with Crippen LogP contribution in [0.4, 0.5) is 22.0 Å². The van der Waals surface area contributed by atoms with Gasteiger partial charge >= 0.3 is 6.18 Å². The highest BCUT2D eigenvalue weighted by Crippen LogP contribution is 2.62. The second kappa shape index (κ2) is 10.9. The molecule has 0 radical (unpaired) electrons. The van der Waals surface area contributed by atoms with Crippen molar-refractivity contribution in [2.75, 3.05) is 0 Å². The lowest BCUT2D eigenvalue weighted by atomic mass is 9.94. The van der Waals surface area contributed by atoms with Gasteiger partial charge in [-0.1, -0.05) is 42.5 Å². The van der Waals surface area contributed by atoms with E-state index in [2.05, 4.69) is 9.69 Å². The first-order chi connectivity index (χ1) is 23.0. The number of nitrogens with zero attached hydrogens (tertiary/aromatic N) is 4. The third-order valence-corrected chi connectivity index (χ3v) is 9.73. The van der Waals surface area contributed by atoms with Gasteiger partial charge < -0.3 is 0 Å². The molecule has 2 aliphatic rings. The highest BCUT2D eigenvalue weighted by molar-refractivity contribution is 7.16. The zero-order valence-corrected chi connectivity index (χ0v) is 25.3. The number of allylic oxidation sites excluding steroid dienone is 2. The molecule has 228 valence electrons. The number of alkyl halides is 3. The highest BCUT2D eigenvalue weighted by atomic mass is 32.1. The highest BCUT2D eigenvalue weighted by Gasteiger charge is 2.39. The van der Waals surface area contributed by atoms with E-state index in [1.54, 1.807) is 37.3 Å². The van der Waals surface area contributed by atoms with Crippen molar-refractivity contribution >= 4 is 22.5 Å². The molecular formula is C38H15F5N4S. The number of benzene rings is 4. The van der Waals surface area contributed by atoms with Crippen LogP contribution in [0.2, 0.25) is 0 Å². The first kappa shape index (κ1) is 30.3. The number of thiophene rings is 1. The van der Waals surface area contributed by atoms with Gasteiger partial charge in [0, 0.05) is 32.0 Å². The lowest BCUT2D eigenvalue weighted by molar-refractivity contribution is -0.139. The molecule has 0 bridgehead atoms. The third kappa shape index (κ3) is 4.43. The van der Waals surface area contributed by atoms with Crippen molar-refractivity contribution in [3.63, 3.8) is 0 Å². The number of hydrogen-bond acceptors (Lipinski definition) is 3. The third-order valence-electron chi connectivity index (χ3n) is 8.50. The Hall–Kier alpha value is -6.33. The van der Waals surface area contributed by atoms with Crippen LogP contribution in [0.15, 0.2) is 84.2 Å². The zero-order chi connectivity index (χ0) is 34.1. The zero-order valence-electron chi connectivity index (χ0n) is 24.5. The van der Waals surface area contributed by atoms with Crippen molar-refractivity contribution in [3.05, 3.63) is 151 Å². The van der Waals surface area contributed by atoms with Gasteiger partial charge in [0.2, 0.25) is 0 Å². The average Bonchev–Trinajstić information content (AvgIpc) is 3.69. The Bertz CT molecular complexity index is 2490. The van der Waals surface area contributed by atoms with Gasteiger partial charge in [-0.25, -0.2) is 29.0 Å². The van der Waals surface area contributed by atoms with Crippen LogP contribution in [0.3, 0.4) is 0 Å². The van der Waals surface area contributed by atoms with Gasteiger partial charge in [0.05, 0.1) is 30.8 Å². The summed E-state index contributed by atoms with van der Waals surface area (Å²) < 4.78 is 68.7. The largest absolute Gasteiger partial charge is 0.419 e. The van der Waals surface area contributed by atoms with Gasteiger partial charge in [-0.2, -0.15) is 13.2 Å². The number of halogens is 5. The van der Waals surface area contributed by atoms with E-state index in [0.29, 0.717) is 82.6 Å². The number of aryl methyl sites for hydroxylation is 1. The second-order valence-electron chi connectivity index (χ2n) is 11.1. The molecule has 10 heteroatoms. The molecule has 0 fully saturated rings. The van der Waals surface area contributed by atoms with E-state index in [4.69, 9.17) is 13.1 Å². The van der Waals surface area contributed by atoms with E-state index in [1.165, 1.54) is 17.4 Å². The summed E-state index contributed by atoms with van der Waals surface area (Å²) in [4.78, 5) is 8.13. The van der Waals surface area contributed by atoms with Gasteiger partial charge in [-0.15, -0.1) is 11.3 Å². The summed E-state index contributed by atoms with van der Waals surface area (Å²) in [6.07, 6.45) is -4.86. The second-order valence-corrected chi connectivity index (χ2v) is 12.1. The van der Waals surface area contributed by atoms with Gasteiger partial charge in [0.1, 0.15) is 11.6 Å². The molecule has 2 aliphatic carbocycles. The van der Waals surface area contributed by atoms with Crippen LogP contribution in [0.25, 0.3) is 65.3 Å². The maximum atomic E-state index is 14.5. The van der Waals surface area contributed by atoms with Gasteiger partial charge in [0.25, 0.3) is 11.4 Å². The standard InChI is InChI=1S/C38H15F5N4S/c1-18-4-5-21(14-28(18)39)19-6-9-23-25(12-19)32(30(16-44)46-2)36-34(23)35-24-10-7-20(22-8-11-27(29(40)15-22)38(41,42)43)13-26(24)33(37(35)48-36)31(17-45)47-3/h4-15H,1H3/b32-30+,33-31-. The minimum absolute atomic E-state index is 0.154. The molecule has 1 heterocycles.